The number of amides is 1. The lowest BCUT2D eigenvalue weighted by atomic mass is 10.0. The van der Waals surface area contributed by atoms with E-state index in [1.807, 2.05) is 42.5 Å². The van der Waals surface area contributed by atoms with Crippen molar-refractivity contribution in [2.45, 2.75) is 38.3 Å². The molecular weight excluding hydrogens is 310 g/mol. The second kappa shape index (κ2) is 7.01. The molecule has 1 aliphatic carbocycles. The fraction of sp³-hybridized carbons (Fsp3) is 0.286. The van der Waals surface area contributed by atoms with E-state index < -0.39 is 0 Å². The van der Waals surface area contributed by atoms with Crippen molar-refractivity contribution in [3.63, 3.8) is 0 Å². The van der Waals surface area contributed by atoms with Gasteiger partial charge in [0.25, 0.3) is 5.91 Å². The molecule has 25 heavy (non-hydrogen) atoms. The van der Waals surface area contributed by atoms with Crippen LogP contribution in [0.15, 0.2) is 66.4 Å². The predicted octanol–water partition coefficient (Wildman–Crippen LogP) is 4.61. The van der Waals surface area contributed by atoms with Gasteiger partial charge in [0.15, 0.2) is 0 Å². The quantitative estimate of drug-likeness (QED) is 0.862. The average molecular weight is 333 g/mol. The molecule has 0 bridgehead atoms. The Hall–Kier alpha value is -2.75. The van der Waals surface area contributed by atoms with Gasteiger partial charge in [0.2, 0.25) is 0 Å². The summed E-state index contributed by atoms with van der Waals surface area (Å²) in [4.78, 5) is 13.2. The van der Waals surface area contributed by atoms with Crippen LogP contribution in [0.25, 0.3) is 0 Å². The molecule has 0 fully saturated rings. The van der Waals surface area contributed by atoms with E-state index >= 15 is 0 Å². The normalized spacial score (nSPS) is 20.2. The van der Waals surface area contributed by atoms with E-state index in [1.54, 1.807) is 5.01 Å². The molecule has 2 aromatic carbocycles. The first-order valence-corrected chi connectivity index (χ1v) is 9.03. The number of carbonyl (C=O) groups excluding carboxylic acids is 1. The van der Waals surface area contributed by atoms with Crippen molar-refractivity contribution in [2.24, 2.45) is 0 Å². The molecule has 0 saturated heterocycles. The summed E-state index contributed by atoms with van der Waals surface area (Å²) in [6, 6.07) is 17.8. The fourth-order valence-electron chi connectivity index (χ4n) is 3.51. The molecule has 0 saturated carbocycles. The number of fused-ring (bicyclic) bond motifs is 1. The number of carbonyl (C=O) groups is 1. The van der Waals surface area contributed by atoms with Gasteiger partial charge in [-0.25, -0.2) is 5.01 Å². The van der Waals surface area contributed by atoms with Gasteiger partial charge in [-0.05, 0) is 43.4 Å². The van der Waals surface area contributed by atoms with Crippen LogP contribution in [0.3, 0.4) is 0 Å². The number of nitrogens with one attached hydrogen (secondary N) is 2. The zero-order valence-corrected chi connectivity index (χ0v) is 14.2. The lowest BCUT2D eigenvalue weighted by Gasteiger charge is -2.39. The lowest BCUT2D eigenvalue weighted by molar-refractivity contribution is 0.0586. The van der Waals surface area contributed by atoms with Crippen molar-refractivity contribution >= 4 is 11.6 Å². The molecule has 1 aliphatic heterocycles. The van der Waals surface area contributed by atoms with Gasteiger partial charge in [-0.1, -0.05) is 55.0 Å². The maximum Gasteiger partial charge on any atom is 0.276 e. The third kappa shape index (κ3) is 3.25. The lowest BCUT2D eigenvalue weighted by Crippen LogP contribution is -2.50. The van der Waals surface area contributed by atoms with Gasteiger partial charge in [-0.2, -0.15) is 0 Å². The van der Waals surface area contributed by atoms with Crippen molar-refractivity contribution in [1.82, 2.24) is 10.4 Å². The molecule has 0 aromatic heterocycles. The SMILES string of the molecule is O=C1c2ccccc2NC(c2ccccc2)N1NC1=CCCCCC1. The Morgan fingerprint density at radius 2 is 1.76 bits per heavy atom. The summed E-state index contributed by atoms with van der Waals surface area (Å²) in [5.41, 5.74) is 7.22. The highest BCUT2D eigenvalue weighted by molar-refractivity contribution is 6.01. The molecule has 1 unspecified atom stereocenters. The van der Waals surface area contributed by atoms with Crippen LogP contribution in [-0.4, -0.2) is 10.9 Å². The van der Waals surface area contributed by atoms with Crippen molar-refractivity contribution in [3.8, 4) is 0 Å². The van der Waals surface area contributed by atoms with Crippen molar-refractivity contribution in [2.75, 3.05) is 5.32 Å². The van der Waals surface area contributed by atoms with Gasteiger partial charge in [0.1, 0.15) is 6.17 Å². The van der Waals surface area contributed by atoms with E-state index in [-0.39, 0.29) is 12.1 Å². The Bertz CT molecular complexity index is 785. The number of nitrogens with zero attached hydrogens (tertiary/aromatic N) is 1. The van der Waals surface area contributed by atoms with Crippen molar-refractivity contribution in [1.29, 1.82) is 0 Å². The number of rotatable bonds is 3. The summed E-state index contributed by atoms with van der Waals surface area (Å²) in [5, 5.41) is 5.26. The monoisotopic (exact) mass is 333 g/mol. The molecule has 1 amide bonds. The van der Waals surface area contributed by atoms with E-state index in [0.29, 0.717) is 5.56 Å². The van der Waals surface area contributed by atoms with E-state index in [2.05, 4.69) is 29.0 Å². The molecule has 4 rings (SSSR count). The number of hydrazine groups is 1. The third-order valence-corrected chi connectivity index (χ3v) is 4.85. The first-order chi connectivity index (χ1) is 12.3. The van der Waals surface area contributed by atoms with E-state index in [9.17, 15) is 4.79 Å². The molecule has 1 heterocycles. The van der Waals surface area contributed by atoms with Crippen LogP contribution in [-0.2, 0) is 0 Å². The Labute approximate surface area is 148 Å². The molecule has 4 heteroatoms. The second-order valence-corrected chi connectivity index (χ2v) is 6.62. The molecule has 2 N–H and O–H groups in total. The topological polar surface area (TPSA) is 44.4 Å². The van der Waals surface area contributed by atoms with Crippen LogP contribution in [0.4, 0.5) is 5.69 Å². The second-order valence-electron chi connectivity index (χ2n) is 6.62. The number of para-hydroxylation sites is 1. The highest BCUT2D eigenvalue weighted by Gasteiger charge is 2.33. The first-order valence-electron chi connectivity index (χ1n) is 9.03. The fourth-order valence-corrected chi connectivity index (χ4v) is 3.51. The summed E-state index contributed by atoms with van der Waals surface area (Å²) in [5.74, 6) is 0.00773. The summed E-state index contributed by atoms with van der Waals surface area (Å²) in [6.45, 7) is 0. The Morgan fingerprint density at radius 3 is 2.64 bits per heavy atom. The molecule has 4 nitrogen and oxygen atoms in total. The van der Waals surface area contributed by atoms with Crippen LogP contribution in [0, 0.1) is 0 Å². The number of allylic oxidation sites excluding steroid dienone is 2. The standard InChI is InChI=1S/C21H23N3O/c25-21-18-14-8-9-15-19(18)22-20(16-10-4-3-5-11-16)24(21)23-17-12-6-1-2-7-13-17/h3-5,8-12,14-15,20,22-23H,1-2,6-7,13H2. The van der Waals surface area contributed by atoms with Crippen LogP contribution in [0.2, 0.25) is 0 Å². The number of hydrogen-bond acceptors (Lipinski definition) is 3. The van der Waals surface area contributed by atoms with Crippen LogP contribution in [0.1, 0.15) is 54.2 Å². The van der Waals surface area contributed by atoms with Crippen molar-refractivity contribution < 1.29 is 4.79 Å². The molecular formula is C21H23N3O. The largest absolute Gasteiger partial charge is 0.359 e. The van der Waals surface area contributed by atoms with E-state index in [0.717, 1.165) is 29.8 Å². The van der Waals surface area contributed by atoms with Gasteiger partial charge in [-0.3, -0.25) is 10.2 Å². The van der Waals surface area contributed by atoms with Crippen LogP contribution < -0.4 is 10.7 Å². The maximum atomic E-state index is 13.2. The summed E-state index contributed by atoms with van der Waals surface area (Å²) in [6.07, 6.45) is 7.72. The molecule has 2 aromatic rings. The summed E-state index contributed by atoms with van der Waals surface area (Å²) in [7, 11) is 0. The highest BCUT2D eigenvalue weighted by Crippen LogP contribution is 2.32. The van der Waals surface area contributed by atoms with Gasteiger partial charge in [-0.15, -0.1) is 0 Å². The molecule has 0 radical (unpaired) electrons. The molecule has 1 atom stereocenters. The highest BCUT2D eigenvalue weighted by atomic mass is 16.2. The summed E-state index contributed by atoms with van der Waals surface area (Å²) >= 11 is 0. The van der Waals surface area contributed by atoms with Gasteiger partial charge >= 0.3 is 0 Å². The minimum Gasteiger partial charge on any atom is -0.359 e. The Balaban J connectivity index is 1.69. The van der Waals surface area contributed by atoms with Crippen LogP contribution in [0.5, 0.6) is 0 Å². The maximum absolute atomic E-state index is 13.2. The number of benzene rings is 2. The smallest absolute Gasteiger partial charge is 0.276 e. The molecule has 2 aliphatic rings. The number of hydrogen-bond donors (Lipinski definition) is 2. The Morgan fingerprint density at radius 1 is 0.960 bits per heavy atom. The zero-order valence-electron chi connectivity index (χ0n) is 14.2. The van der Waals surface area contributed by atoms with Gasteiger partial charge in [0.05, 0.1) is 5.56 Å². The van der Waals surface area contributed by atoms with Gasteiger partial charge < -0.3 is 5.32 Å². The third-order valence-electron chi connectivity index (χ3n) is 4.85. The first kappa shape index (κ1) is 15.8. The van der Waals surface area contributed by atoms with Crippen LogP contribution >= 0.6 is 0 Å². The van der Waals surface area contributed by atoms with E-state index in [1.165, 1.54) is 19.3 Å². The molecule has 0 spiro atoms. The van der Waals surface area contributed by atoms with E-state index in [4.69, 9.17) is 0 Å². The average Bonchev–Trinajstić information content (AvgIpc) is 2.93. The van der Waals surface area contributed by atoms with Gasteiger partial charge in [0, 0.05) is 11.4 Å². The molecule has 128 valence electrons. The summed E-state index contributed by atoms with van der Waals surface area (Å²) < 4.78 is 0. The number of anilines is 1. The van der Waals surface area contributed by atoms with Crippen molar-refractivity contribution in [3.05, 3.63) is 77.5 Å². The predicted molar refractivity (Wildman–Crippen MR) is 99.7 cm³/mol. The minimum atomic E-state index is -0.229. The Kier molecular flexibility index (Phi) is 4.42. The zero-order chi connectivity index (χ0) is 17.1. The minimum absolute atomic E-state index is 0.00773.